The molecule has 2 aromatic carbocycles. The van der Waals surface area contributed by atoms with Crippen LogP contribution in [0.3, 0.4) is 0 Å². The highest BCUT2D eigenvalue weighted by Crippen LogP contribution is 2.31. The lowest BCUT2D eigenvalue weighted by molar-refractivity contribution is 0.417. The Morgan fingerprint density at radius 2 is 1.57 bits per heavy atom. The summed E-state index contributed by atoms with van der Waals surface area (Å²) in [5.74, 6) is -7.61. The Labute approximate surface area is 122 Å². The number of nitrogens with one attached hydrogen (secondary N) is 1. The smallest absolute Gasteiger partial charge is 0.199 e. The maximum Gasteiger partial charge on any atom is 0.199 e. The quantitative estimate of drug-likeness (QED) is 0.379. The van der Waals surface area contributed by atoms with Crippen molar-refractivity contribution in [1.82, 2.24) is 9.97 Å². The van der Waals surface area contributed by atoms with E-state index in [9.17, 15) is 22.0 Å². The predicted octanol–water partition coefficient (Wildman–Crippen LogP) is 4.69. The van der Waals surface area contributed by atoms with Crippen LogP contribution in [0, 0.1) is 29.1 Å². The predicted molar refractivity (Wildman–Crippen MR) is 69.0 cm³/mol. The fourth-order valence-electron chi connectivity index (χ4n) is 1.91. The van der Waals surface area contributed by atoms with E-state index in [1.54, 1.807) is 0 Å². The molecule has 0 amide bonds. The summed E-state index contributed by atoms with van der Waals surface area (Å²) in [6.45, 7) is 0. The molecule has 1 heterocycles. The molecule has 0 fully saturated rings. The molecule has 0 bridgehead atoms. The molecule has 0 spiro atoms. The summed E-state index contributed by atoms with van der Waals surface area (Å²) >= 11 is 3.07. The molecule has 0 aliphatic carbocycles. The minimum atomic E-state index is -1.93. The van der Waals surface area contributed by atoms with Gasteiger partial charge >= 0.3 is 0 Å². The van der Waals surface area contributed by atoms with E-state index in [1.807, 2.05) is 0 Å². The second-order valence-corrected chi connectivity index (χ2v) is 5.04. The number of halogens is 6. The molecule has 8 heteroatoms. The number of imidazole rings is 1. The van der Waals surface area contributed by atoms with Crippen molar-refractivity contribution >= 4 is 27.0 Å². The molecule has 2 nitrogen and oxygen atoms in total. The largest absolute Gasteiger partial charge is 0.335 e. The lowest BCUT2D eigenvalue weighted by atomic mass is 10.2. The van der Waals surface area contributed by atoms with E-state index in [1.165, 1.54) is 6.07 Å². The Hall–Kier alpha value is -1.96. The maximum absolute atomic E-state index is 13.6. The molecule has 108 valence electrons. The molecule has 1 N–H and O–H groups in total. The zero-order chi connectivity index (χ0) is 15.3. The van der Waals surface area contributed by atoms with Gasteiger partial charge in [-0.1, -0.05) is 0 Å². The zero-order valence-electron chi connectivity index (χ0n) is 9.95. The summed E-state index contributed by atoms with van der Waals surface area (Å²) in [7, 11) is 0. The third kappa shape index (κ3) is 2.10. The van der Waals surface area contributed by atoms with Crippen LogP contribution >= 0.6 is 15.9 Å². The van der Waals surface area contributed by atoms with Crippen LogP contribution in [-0.4, -0.2) is 9.97 Å². The van der Waals surface area contributed by atoms with Crippen molar-refractivity contribution in [2.75, 3.05) is 0 Å². The third-order valence-electron chi connectivity index (χ3n) is 2.90. The molecule has 21 heavy (non-hydrogen) atoms. The maximum atomic E-state index is 13.6. The summed E-state index contributed by atoms with van der Waals surface area (Å²) in [4.78, 5) is 6.07. The standard InChI is InChI=1S/C13H4BrF5N2/c14-6-3-4(15)1-2-5(6)13-20-11-9(18)7(16)8(17)10(19)12(11)21-13/h1-3H,(H,20,21). The summed E-state index contributed by atoms with van der Waals surface area (Å²) in [5, 5.41) is 0. The third-order valence-corrected chi connectivity index (χ3v) is 3.55. The lowest BCUT2D eigenvalue weighted by Crippen LogP contribution is -1.97. The summed E-state index contributed by atoms with van der Waals surface area (Å²) in [5.41, 5.74) is -0.984. The van der Waals surface area contributed by atoms with Crippen molar-refractivity contribution in [3.8, 4) is 11.4 Å². The fraction of sp³-hybridized carbons (Fsp3) is 0. The summed E-state index contributed by atoms with van der Waals surface area (Å²) < 4.78 is 66.8. The van der Waals surface area contributed by atoms with Gasteiger partial charge in [-0.3, -0.25) is 0 Å². The average Bonchev–Trinajstić information content (AvgIpc) is 2.88. The molecular weight excluding hydrogens is 359 g/mol. The van der Waals surface area contributed by atoms with Crippen LogP contribution in [0.4, 0.5) is 22.0 Å². The normalized spacial score (nSPS) is 11.3. The van der Waals surface area contributed by atoms with E-state index in [4.69, 9.17) is 0 Å². The SMILES string of the molecule is Fc1ccc(-c2nc3c(F)c(F)c(F)c(F)c3[nH]2)c(Br)c1. The van der Waals surface area contributed by atoms with Gasteiger partial charge < -0.3 is 4.98 Å². The Balaban J connectivity index is 2.31. The molecule has 0 saturated heterocycles. The van der Waals surface area contributed by atoms with Crippen molar-refractivity contribution in [3.05, 3.63) is 51.8 Å². The molecule has 1 aromatic heterocycles. The number of H-pyrrole nitrogens is 1. The second kappa shape index (κ2) is 4.80. The van der Waals surface area contributed by atoms with Gasteiger partial charge in [-0.05, 0) is 34.1 Å². The molecule has 3 aromatic rings. The number of hydrogen-bond acceptors (Lipinski definition) is 1. The van der Waals surface area contributed by atoms with E-state index in [0.717, 1.165) is 12.1 Å². The van der Waals surface area contributed by atoms with Crippen molar-refractivity contribution in [3.63, 3.8) is 0 Å². The molecule has 0 aliphatic rings. The number of hydrogen-bond donors (Lipinski definition) is 1. The summed E-state index contributed by atoms with van der Waals surface area (Å²) in [6.07, 6.45) is 0. The van der Waals surface area contributed by atoms with Gasteiger partial charge in [0, 0.05) is 10.0 Å². The van der Waals surface area contributed by atoms with Gasteiger partial charge in [0.25, 0.3) is 0 Å². The first-order valence-corrected chi connectivity index (χ1v) is 6.36. The van der Waals surface area contributed by atoms with Crippen LogP contribution in [0.25, 0.3) is 22.4 Å². The highest BCUT2D eigenvalue weighted by atomic mass is 79.9. The van der Waals surface area contributed by atoms with Crippen molar-refractivity contribution in [2.24, 2.45) is 0 Å². The Morgan fingerprint density at radius 1 is 0.905 bits per heavy atom. The molecule has 0 saturated carbocycles. The molecule has 0 aliphatic heterocycles. The van der Waals surface area contributed by atoms with Crippen molar-refractivity contribution in [2.45, 2.75) is 0 Å². The van der Waals surface area contributed by atoms with Crippen LogP contribution in [0.2, 0.25) is 0 Å². The number of benzene rings is 2. The first-order chi connectivity index (χ1) is 9.90. The molecular formula is C13H4BrF5N2. The van der Waals surface area contributed by atoms with Gasteiger partial charge in [-0.2, -0.15) is 0 Å². The average molecular weight is 363 g/mol. The second-order valence-electron chi connectivity index (χ2n) is 4.19. The molecule has 3 rings (SSSR count). The Kier molecular flexibility index (Phi) is 3.20. The highest BCUT2D eigenvalue weighted by Gasteiger charge is 2.24. The van der Waals surface area contributed by atoms with Crippen LogP contribution in [0.1, 0.15) is 0 Å². The van der Waals surface area contributed by atoms with E-state index in [-0.39, 0.29) is 15.9 Å². The van der Waals surface area contributed by atoms with Gasteiger partial charge in [-0.25, -0.2) is 26.9 Å². The van der Waals surface area contributed by atoms with E-state index in [2.05, 4.69) is 25.9 Å². The molecule has 0 radical (unpaired) electrons. The van der Waals surface area contributed by atoms with Crippen LogP contribution in [0.5, 0.6) is 0 Å². The first-order valence-electron chi connectivity index (χ1n) is 5.57. The number of aromatic amines is 1. The molecule has 0 unspecified atom stereocenters. The van der Waals surface area contributed by atoms with Crippen LogP contribution < -0.4 is 0 Å². The number of fused-ring (bicyclic) bond motifs is 1. The van der Waals surface area contributed by atoms with E-state index < -0.39 is 40.1 Å². The molecule has 0 atom stereocenters. The Morgan fingerprint density at radius 3 is 2.24 bits per heavy atom. The number of aromatic nitrogens is 2. The van der Waals surface area contributed by atoms with Gasteiger partial charge in [0.05, 0.1) is 0 Å². The number of rotatable bonds is 1. The Bertz CT molecular complexity index is 830. The first kappa shape index (κ1) is 14.0. The van der Waals surface area contributed by atoms with E-state index >= 15 is 0 Å². The van der Waals surface area contributed by atoms with Gasteiger partial charge in [-0.15, -0.1) is 0 Å². The highest BCUT2D eigenvalue weighted by molar-refractivity contribution is 9.10. The fourth-order valence-corrected chi connectivity index (χ4v) is 2.45. The van der Waals surface area contributed by atoms with Crippen LogP contribution in [0.15, 0.2) is 22.7 Å². The van der Waals surface area contributed by atoms with Gasteiger partial charge in [0.2, 0.25) is 0 Å². The minimum absolute atomic E-state index is 0.0559. The lowest BCUT2D eigenvalue weighted by Gasteiger charge is -2.00. The zero-order valence-corrected chi connectivity index (χ0v) is 11.5. The summed E-state index contributed by atoms with van der Waals surface area (Å²) in [6, 6.07) is 3.54. The van der Waals surface area contributed by atoms with Crippen molar-refractivity contribution < 1.29 is 22.0 Å². The van der Waals surface area contributed by atoms with Crippen LogP contribution in [-0.2, 0) is 0 Å². The minimum Gasteiger partial charge on any atom is -0.335 e. The monoisotopic (exact) mass is 362 g/mol. The number of nitrogens with zero attached hydrogens (tertiary/aromatic N) is 1. The van der Waals surface area contributed by atoms with Gasteiger partial charge in [0.1, 0.15) is 22.7 Å². The van der Waals surface area contributed by atoms with Crippen molar-refractivity contribution in [1.29, 1.82) is 0 Å². The van der Waals surface area contributed by atoms with Gasteiger partial charge in [0.15, 0.2) is 23.3 Å². The topological polar surface area (TPSA) is 28.7 Å². The van der Waals surface area contributed by atoms with E-state index in [0.29, 0.717) is 0 Å².